The fourth-order valence-electron chi connectivity index (χ4n) is 2.18. The number of nitro benzene ring substituents is 1. The van der Waals surface area contributed by atoms with Gasteiger partial charge in [-0.3, -0.25) is 10.1 Å². The van der Waals surface area contributed by atoms with Gasteiger partial charge in [0.2, 0.25) is 10.0 Å². The van der Waals surface area contributed by atoms with Crippen LogP contribution in [0.1, 0.15) is 25.0 Å². The van der Waals surface area contributed by atoms with Gasteiger partial charge in [0.1, 0.15) is 5.75 Å². The highest BCUT2D eigenvalue weighted by Gasteiger charge is 2.14. The van der Waals surface area contributed by atoms with E-state index in [0.717, 1.165) is 11.3 Å². The van der Waals surface area contributed by atoms with E-state index in [2.05, 4.69) is 4.72 Å². The zero-order valence-electron chi connectivity index (χ0n) is 14.0. The normalized spacial score (nSPS) is 11.5. The van der Waals surface area contributed by atoms with Crippen molar-refractivity contribution in [1.29, 1.82) is 0 Å². The van der Waals surface area contributed by atoms with Crippen LogP contribution in [0, 0.1) is 10.1 Å². The van der Waals surface area contributed by atoms with Crippen molar-refractivity contribution in [2.75, 3.05) is 0 Å². The topological polar surface area (TPSA) is 98.5 Å². The number of nitrogens with zero attached hydrogens (tertiary/aromatic N) is 1. The third kappa shape index (κ3) is 6.17. The van der Waals surface area contributed by atoms with Crippen molar-refractivity contribution in [3.63, 3.8) is 0 Å². The Kier molecular flexibility index (Phi) is 6.11. The molecule has 0 amide bonds. The predicted molar refractivity (Wildman–Crippen MR) is 94.8 cm³/mol. The van der Waals surface area contributed by atoms with Crippen LogP contribution in [0.25, 0.3) is 0 Å². The Morgan fingerprint density at radius 3 is 2.40 bits per heavy atom. The van der Waals surface area contributed by atoms with Gasteiger partial charge in [-0.05, 0) is 37.1 Å². The van der Waals surface area contributed by atoms with Crippen LogP contribution in [0.4, 0.5) is 5.69 Å². The Labute approximate surface area is 146 Å². The fraction of sp³-hybridized carbons (Fsp3) is 0.294. The van der Waals surface area contributed by atoms with Crippen molar-refractivity contribution in [2.24, 2.45) is 0 Å². The van der Waals surface area contributed by atoms with Crippen LogP contribution in [-0.2, 0) is 22.3 Å². The SMILES string of the molecule is CC(C)Oc1ccc(CNS(=O)(=O)Cc2cccc([N+](=O)[O-])c2)cc1. The highest BCUT2D eigenvalue weighted by molar-refractivity contribution is 7.88. The molecule has 0 bridgehead atoms. The maximum absolute atomic E-state index is 12.2. The molecule has 0 atom stereocenters. The van der Waals surface area contributed by atoms with Crippen molar-refractivity contribution < 1.29 is 18.1 Å². The Morgan fingerprint density at radius 1 is 1.12 bits per heavy atom. The molecule has 0 saturated carbocycles. The van der Waals surface area contributed by atoms with Crippen LogP contribution >= 0.6 is 0 Å². The molecule has 0 aliphatic rings. The van der Waals surface area contributed by atoms with Crippen molar-refractivity contribution >= 4 is 15.7 Å². The Morgan fingerprint density at radius 2 is 1.80 bits per heavy atom. The number of hydrogen-bond acceptors (Lipinski definition) is 5. The summed E-state index contributed by atoms with van der Waals surface area (Å²) in [4.78, 5) is 10.2. The van der Waals surface area contributed by atoms with Crippen LogP contribution < -0.4 is 9.46 Å². The van der Waals surface area contributed by atoms with Gasteiger partial charge in [-0.1, -0.05) is 24.3 Å². The summed E-state index contributed by atoms with van der Waals surface area (Å²) in [6.45, 7) is 3.99. The quantitative estimate of drug-likeness (QED) is 0.573. The minimum Gasteiger partial charge on any atom is -0.491 e. The molecule has 25 heavy (non-hydrogen) atoms. The van der Waals surface area contributed by atoms with E-state index in [9.17, 15) is 18.5 Å². The fourth-order valence-corrected chi connectivity index (χ4v) is 3.29. The Balaban J connectivity index is 1.97. The molecule has 2 aromatic carbocycles. The first kappa shape index (κ1) is 18.9. The number of rotatable bonds is 8. The molecule has 0 aliphatic heterocycles. The maximum Gasteiger partial charge on any atom is 0.269 e. The number of nitro groups is 1. The lowest BCUT2D eigenvalue weighted by Gasteiger charge is -2.11. The number of sulfonamides is 1. The molecule has 7 nitrogen and oxygen atoms in total. The minimum absolute atomic E-state index is 0.0688. The second-order valence-electron chi connectivity index (χ2n) is 5.82. The summed E-state index contributed by atoms with van der Waals surface area (Å²) in [5.74, 6) is 0.404. The van der Waals surface area contributed by atoms with Crippen LogP contribution in [0.3, 0.4) is 0 Å². The molecule has 134 valence electrons. The van der Waals surface area contributed by atoms with E-state index in [1.165, 1.54) is 18.2 Å². The second-order valence-corrected chi connectivity index (χ2v) is 7.62. The highest BCUT2D eigenvalue weighted by atomic mass is 32.2. The smallest absolute Gasteiger partial charge is 0.269 e. The van der Waals surface area contributed by atoms with Gasteiger partial charge in [0.25, 0.3) is 5.69 Å². The molecular formula is C17H20N2O5S. The molecule has 8 heteroatoms. The maximum atomic E-state index is 12.2. The standard InChI is InChI=1S/C17H20N2O5S/c1-13(2)24-17-8-6-14(7-9-17)11-18-25(22,23)12-15-4-3-5-16(10-15)19(20)21/h3-10,13,18H,11-12H2,1-2H3. The van der Waals surface area contributed by atoms with Crippen LogP contribution in [0.15, 0.2) is 48.5 Å². The minimum atomic E-state index is -3.61. The number of benzene rings is 2. The van der Waals surface area contributed by atoms with E-state index >= 15 is 0 Å². The predicted octanol–water partition coefficient (Wildman–Crippen LogP) is 3.00. The van der Waals surface area contributed by atoms with Crippen molar-refractivity contribution in [1.82, 2.24) is 4.72 Å². The molecule has 0 saturated heterocycles. The molecule has 0 unspecified atom stereocenters. The molecule has 0 spiro atoms. The van der Waals surface area contributed by atoms with Gasteiger partial charge >= 0.3 is 0 Å². The third-order valence-corrected chi connectivity index (χ3v) is 4.57. The molecular weight excluding hydrogens is 344 g/mol. The lowest BCUT2D eigenvalue weighted by Crippen LogP contribution is -2.24. The first-order valence-corrected chi connectivity index (χ1v) is 9.37. The second kappa shape index (κ2) is 8.09. The summed E-state index contributed by atoms with van der Waals surface area (Å²) in [6, 6.07) is 12.7. The molecule has 0 fully saturated rings. The molecule has 0 radical (unpaired) electrons. The summed E-state index contributed by atoms with van der Waals surface area (Å²) in [5.41, 5.74) is 1.02. The molecule has 0 aromatic heterocycles. The van der Waals surface area contributed by atoms with Gasteiger partial charge in [-0.25, -0.2) is 13.1 Å². The lowest BCUT2D eigenvalue weighted by atomic mass is 10.2. The van der Waals surface area contributed by atoms with Gasteiger partial charge in [0.05, 0.1) is 16.8 Å². The Hall–Kier alpha value is -2.45. The molecule has 2 aromatic rings. The molecule has 0 aliphatic carbocycles. The number of ether oxygens (including phenoxy) is 1. The van der Waals surface area contributed by atoms with Crippen molar-refractivity contribution in [3.05, 3.63) is 69.8 Å². The van der Waals surface area contributed by atoms with E-state index in [4.69, 9.17) is 4.74 Å². The van der Waals surface area contributed by atoms with E-state index in [1.807, 2.05) is 13.8 Å². The average Bonchev–Trinajstić information content (AvgIpc) is 2.53. The number of hydrogen-bond donors (Lipinski definition) is 1. The lowest BCUT2D eigenvalue weighted by molar-refractivity contribution is -0.384. The number of non-ortho nitro benzene ring substituents is 1. The van der Waals surface area contributed by atoms with Gasteiger partial charge in [-0.2, -0.15) is 0 Å². The van der Waals surface area contributed by atoms with Gasteiger partial charge in [0, 0.05) is 18.7 Å². The van der Waals surface area contributed by atoms with Gasteiger partial charge < -0.3 is 4.74 Å². The van der Waals surface area contributed by atoms with E-state index in [-0.39, 0.29) is 24.1 Å². The van der Waals surface area contributed by atoms with Crippen LogP contribution in [-0.4, -0.2) is 19.4 Å². The highest BCUT2D eigenvalue weighted by Crippen LogP contribution is 2.16. The summed E-state index contributed by atoms with van der Waals surface area (Å²) in [7, 11) is -3.61. The van der Waals surface area contributed by atoms with Crippen LogP contribution in [0.2, 0.25) is 0 Å². The van der Waals surface area contributed by atoms with E-state index in [0.29, 0.717) is 5.56 Å². The zero-order chi connectivity index (χ0) is 18.4. The molecule has 0 heterocycles. The monoisotopic (exact) mass is 364 g/mol. The van der Waals surface area contributed by atoms with Gasteiger partial charge in [-0.15, -0.1) is 0 Å². The summed E-state index contributed by atoms with van der Waals surface area (Å²) >= 11 is 0. The number of nitrogens with one attached hydrogen (secondary N) is 1. The van der Waals surface area contributed by atoms with Crippen molar-refractivity contribution in [2.45, 2.75) is 32.2 Å². The van der Waals surface area contributed by atoms with Gasteiger partial charge in [0.15, 0.2) is 0 Å². The Bertz CT molecular complexity index is 832. The van der Waals surface area contributed by atoms with E-state index in [1.54, 1.807) is 30.3 Å². The van der Waals surface area contributed by atoms with E-state index < -0.39 is 14.9 Å². The first-order valence-electron chi connectivity index (χ1n) is 7.71. The molecule has 1 N–H and O–H groups in total. The van der Waals surface area contributed by atoms with Crippen molar-refractivity contribution in [3.8, 4) is 5.75 Å². The average molecular weight is 364 g/mol. The summed E-state index contributed by atoms with van der Waals surface area (Å²) < 4.78 is 32.3. The first-order chi connectivity index (χ1) is 11.7. The summed E-state index contributed by atoms with van der Waals surface area (Å²) in [5, 5.41) is 10.8. The summed E-state index contributed by atoms with van der Waals surface area (Å²) in [6.07, 6.45) is 0.0688. The van der Waals surface area contributed by atoms with Crippen LogP contribution in [0.5, 0.6) is 5.75 Å². The molecule has 2 rings (SSSR count). The third-order valence-electron chi connectivity index (χ3n) is 3.27. The largest absolute Gasteiger partial charge is 0.491 e. The zero-order valence-corrected chi connectivity index (χ0v) is 14.8.